The lowest BCUT2D eigenvalue weighted by molar-refractivity contribution is -0.591. The molecule has 0 N–H and O–H groups in total. The highest BCUT2D eigenvalue weighted by atomic mass is 16.6. The summed E-state index contributed by atoms with van der Waals surface area (Å²) in [5.41, 5.74) is 0.0775. The van der Waals surface area contributed by atoms with E-state index < -0.39 is 33.7 Å². The van der Waals surface area contributed by atoms with Gasteiger partial charge >= 0.3 is 23.9 Å². The average Bonchev–Trinajstić information content (AvgIpc) is 2.62. The van der Waals surface area contributed by atoms with Crippen molar-refractivity contribution in [3.63, 3.8) is 0 Å². The molecule has 2 amide bonds. The van der Waals surface area contributed by atoms with E-state index in [1.165, 1.54) is 24.3 Å². The summed E-state index contributed by atoms with van der Waals surface area (Å²) in [6, 6.07) is 3.02. The summed E-state index contributed by atoms with van der Waals surface area (Å²) in [6.07, 6.45) is 0. The van der Waals surface area contributed by atoms with E-state index in [0.29, 0.717) is 4.90 Å². The Labute approximate surface area is 105 Å². The molecule has 9 heteroatoms. The van der Waals surface area contributed by atoms with Crippen LogP contribution in [-0.2, 0) is 9.59 Å². The van der Waals surface area contributed by atoms with Crippen molar-refractivity contribution in [1.82, 2.24) is 0 Å². The second kappa shape index (κ2) is 4.44. The maximum atomic E-state index is 11.8. The zero-order valence-corrected chi connectivity index (χ0v) is 9.33. The van der Waals surface area contributed by atoms with Crippen molar-refractivity contribution in [3.8, 4) is 0 Å². The maximum Gasteiger partial charge on any atom is 0.365 e. The molecule has 1 saturated heterocycles. The summed E-state index contributed by atoms with van der Waals surface area (Å²) in [7, 11) is 0. The zero-order chi connectivity index (χ0) is 14.2. The number of nitrogens with zero attached hydrogens (tertiary/aromatic N) is 3. The van der Waals surface area contributed by atoms with E-state index in [1.807, 2.05) is 0 Å². The van der Waals surface area contributed by atoms with Crippen LogP contribution in [0.15, 0.2) is 30.3 Å². The summed E-state index contributed by atoms with van der Waals surface area (Å²) in [4.78, 5) is 43.5. The van der Waals surface area contributed by atoms with E-state index in [9.17, 15) is 29.8 Å². The van der Waals surface area contributed by atoms with Gasteiger partial charge in [-0.1, -0.05) is 18.2 Å². The van der Waals surface area contributed by atoms with Crippen LogP contribution in [0.25, 0.3) is 0 Å². The summed E-state index contributed by atoms with van der Waals surface area (Å²) in [6.45, 7) is 0. The van der Waals surface area contributed by atoms with Gasteiger partial charge in [-0.2, -0.15) is 0 Å². The number of rotatable bonds is 3. The Morgan fingerprint density at radius 3 is 1.68 bits per heavy atom. The third-order valence-electron chi connectivity index (χ3n) is 2.71. The van der Waals surface area contributed by atoms with Gasteiger partial charge in [0.1, 0.15) is 0 Å². The Balaban J connectivity index is 2.49. The number of carbonyl (C=O) groups is 2. The van der Waals surface area contributed by atoms with Crippen LogP contribution in [0.5, 0.6) is 0 Å². The van der Waals surface area contributed by atoms with Gasteiger partial charge in [-0.15, -0.1) is 0 Å². The highest BCUT2D eigenvalue weighted by Gasteiger charge is 2.63. The largest absolute Gasteiger partial charge is 0.365 e. The fourth-order valence-electron chi connectivity index (χ4n) is 1.89. The Kier molecular flexibility index (Phi) is 2.95. The third kappa shape index (κ3) is 1.90. The highest BCUT2D eigenvalue weighted by molar-refractivity contribution is 6.24. The normalized spacial score (nSPS) is 22.6. The van der Waals surface area contributed by atoms with Crippen LogP contribution in [-0.4, -0.2) is 33.7 Å². The molecule has 1 fully saturated rings. The molecule has 1 aromatic carbocycles. The molecule has 1 aliphatic rings. The van der Waals surface area contributed by atoms with E-state index in [-0.39, 0.29) is 5.69 Å². The van der Waals surface area contributed by atoms with Crippen molar-refractivity contribution in [2.45, 2.75) is 12.1 Å². The second-order valence-corrected chi connectivity index (χ2v) is 3.81. The van der Waals surface area contributed by atoms with Gasteiger partial charge in [0.15, 0.2) is 0 Å². The molecule has 1 aliphatic heterocycles. The first kappa shape index (κ1) is 12.6. The van der Waals surface area contributed by atoms with Gasteiger partial charge in [-0.3, -0.25) is 29.8 Å². The van der Waals surface area contributed by atoms with Gasteiger partial charge in [-0.25, -0.2) is 4.90 Å². The molecule has 0 aromatic heterocycles. The summed E-state index contributed by atoms with van der Waals surface area (Å²) < 4.78 is 0. The number of carbonyl (C=O) groups excluding carboxylic acids is 2. The van der Waals surface area contributed by atoms with Crippen LogP contribution < -0.4 is 4.90 Å². The number of benzene rings is 1. The van der Waals surface area contributed by atoms with Crippen molar-refractivity contribution in [1.29, 1.82) is 0 Å². The van der Waals surface area contributed by atoms with Crippen molar-refractivity contribution in [2.24, 2.45) is 0 Å². The number of nitro groups is 2. The topological polar surface area (TPSA) is 124 Å². The molecule has 2 atom stereocenters. The molecular formula is C10H7N3O6. The molecular weight excluding hydrogens is 258 g/mol. The molecule has 0 bridgehead atoms. The number of amides is 2. The summed E-state index contributed by atoms with van der Waals surface area (Å²) >= 11 is 0. The Hall–Kier alpha value is -2.84. The molecule has 1 heterocycles. The smallest absolute Gasteiger partial charge is 0.266 e. The van der Waals surface area contributed by atoms with E-state index in [1.54, 1.807) is 6.07 Å². The Morgan fingerprint density at radius 2 is 1.32 bits per heavy atom. The number of hydrogen-bond donors (Lipinski definition) is 0. The minimum Gasteiger partial charge on any atom is -0.266 e. The molecule has 0 radical (unpaired) electrons. The number of imide groups is 1. The van der Waals surface area contributed by atoms with Crippen LogP contribution in [0.3, 0.4) is 0 Å². The van der Waals surface area contributed by atoms with Gasteiger partial charge in [0.25, 0.3) is 0 Å². The number of anilines is 1. The molecule has 0 spiro atoms. The van der Waals surface area contributed by atoms with Crippen LogP contribution in [0.2, 0.25) is 0 Å². The van der Waals surface area contributed by atoms with Crippen molar-refractivity contribution < 1.29 is 19.4 Å². The predicted molar refractivity (Wildman–Crippen MR) is 60.5 cm³/mol. The van der Waals surface area contributed by atoms with Crippen LogP contribution in [0.1, 0.15) is 0 Å². The van der Waals surface area contributed by atoms with Crippen LogP contribution in [0, 0.1) is 20.2 Å². The standard InChI is InChI=1S/C10H7N3O6/c14-9-7(12(16)17)8(13(18)19)10(15)11(9)6-4-2-1-3-5-6/h1-5,7-8H. The zero-order valence-electron chi connectivity index (χ0n) is 9.33. The van der Waals surface area contributed by atoms with Crippen LogP contribution >= 0.6 is 0 Å². The SMILES string of the molecule is O=C1C([N+](=O)[O-])C([N+](=O)[O-])C(=O)N1c1ccccc1. The summed E-state index contributed by atoms with van der Waals surface area (Å²) in [5, 5.41) is 21.5. The predicted octanol–water partition coefficient (Wildman–Crippen LogP) is -0.150. The lowest BCUT2D eigenvalue weighted by Gasteiger charge is -2.11. The lowest BCUT2D eigenvalue weighted by Crippen LogP contribution is -2.41. The fraction of sp³-hybridized carbons (Fsp3) is 0.200. The van der Waals surface area contributed by atoms with Gasteiger partial charge in [0.2, 0.25) is 0 Å². The first-order valence-corrected chi connectivity index (χ1v) is 5.15. The van der Waals surface area contributed by atoms with E-state index >= 15 is 0 Å². The fourth-order valence-corrected chi connectivity index (χ4v) is 1.89. The highest BCUT2D eigenvalue weighted by Crippen LogP contribution is 2.25. The molecule has 9 nitrogen and oxygen atoms in total. The Morgan fingerprint density at radius 1 is 0.895 bits per heavy atom. The average molecular weight is 265 g/mol. The summed E-state index contributed by atoms with van der Waals surface area (Å²) in [5.74, 6) is -2.38. The van der Waals surface area contributed by atoms with Crippen molar-refractivity contribution >= 4 is 17.5 Å². The minimum absolute atomic E-state index is 0.0775. The van der Waals surface area contributed by atoms with E-state index in [0.717, 1.165) is 0 Å². The second-order valence-electron chi connectivity index (χ2n) is 3.81. The molecule has 0 saturated carbocycles. The van der Waals surface area contributed by atoms with Gasteiger partial charge in [-0.05, 0) is 12.1 Å². The van der Waals surface area contributed by atoms with Crippen LogP contribution in [0.4, 0.5) is 5.69 Å². The molecule has 2 rings (SSSR count). The van der Waals surface area contributed by atoms with Crippen molar-refractivity contribution in [2.75, 3.05) is 4.90 Å². The molecule has 19 heavy (non-hydrogen) atoms. The quantitative estimate of drug-likeness (QED) is 0.425. The monoisotopic (exact) mass is 265 g/mol. The van der Waals surface area contributed by atoms with Crippen molar-refractivity contribution in [3.05, 3.63) is 50.6 Å². The van der Waals surface area contributed by atoms with Gasteiger partial charge < -0.3 is 0 Å². The Bertz CT molecular complexity index is 540. The van der Waals surface area contributed by atoms with Gasteiger partial charge in [0, 0.05) is 9.85 Å². The third-order valence-corrected chi connectivity index (χ3v) is 2.71. The van der Waals surface area contributed by atoms with E-state index in [2.05, 4.69) is 0 Å². The molecule has 1 aromatic rings. The van der Waals surface area contributed by atoms with E-state index in [4.69, 9.17) is 0 Å². The number of hydrogen-bond acceptors (Lipinski definition) is 6. The lowest BCUT2D eigenvalue weighted by atomic mass is 10.2. The van der Waals surface area contributed by atoms with Gasteiger partial charge in [0.05, 0.1) is 5.69 Å². The first-order chi connectivity index (χ1) is 8.95. The minimum atomic E-state index is -2.18. The maximum absolute atomic E-state index is 11.8. The molecule has 98 valence electrons. The molecule has 0 aliphatic carbocycles. The molecule has 2 unspecified atom stereocenters. The number of para-hydroxylation sites is 1. The first-order valence-electron chi connectivity index (χ1n) is 5.15.